The molecule has 4 aromatic rings. The fourth-order valence-corrected chi connectivity index (χ4v) is 7.02. The van der Waals surface area contributed by atoms with Crippen molar-refractivity contribution >= 4 is 21.5 Å². The van der Waals surface area contributed by atoms with Crippen LogP contribution in [0.4, 0.5) is 0 Å². The minimum Gasteiger partial charge on any atom is -0.507 e. The summed E-state index contributed by atoms with van der Waals surface area (Å²) in [6.07, 6.45) is 8.57. The molecular weight excluding hydrogens is 416 g/mol. The third kappa shape index (κ3) is 3.15. The standard InChI is InChI=1S/C32H30O2/c33-30-16-15-21(25-8-3-5-11-28(25)30)17-23-19-24-18-22-14-13-20-7-1-2-10-27(20)31(22)34-32(24)29-12-6-4-9-26(23)29/h1-3,5,7-8,10-11,13-16,24,29,32-33H,4,6,9,12,17-19H2. The van der Waals surface area contributed by atoms with Crippen molar-refractivity contribution in [2.45, 2.75) is 51.0 Å². The maximum atomic E-state index is 10.4. The maximum Gasteiger partial charge on any atom is 0.130 e. The summed E-state index contributed by atoms with van der Waals surface area (Å²) in [7, 11) is 0. The molecule has 1 aliphatic heterocycles. The molecule has 0 aromatic heterocycles. The molecule has 0 radical (unpaired) electrons. The molecule has 1 saturated carbocycles. The van der Waals surface area contributed by atoms with Crippen LogP contribution in [0.25, 0.3) is 21.5 Å². The van der Waals surface area contributed by atoms with Crippen molar-refractivity contribution in [2.24, 2.45) is 11.8 Å². The molecule has 0 saturated heterocycles. The highest BCUT2D eigenvalue weighted by molar-refractivity contribution is 5.91. The quantitative estimate of drug-likeness (QED) is 0.319. The summed E-state index contributed by atoms with van der Waals surface area (Å²) in [6.45, 7) is 0. The lowest BCUT2D eigenvalue weighted by atomic mass is 9.65. The predicted molar refractivity (Wildman–Crippen MR) is 138 cm³/mol. The van der Waals surface area contributed by atoms with Crippen LogP contribution in [0.1, 0.15) is 43.2 Å². The lowest BCUT2D eigenvalue weighted by molar-refractivity contribution is 0.0520. The number of aromatic hydroxyl groups is 1. The monoisotopic (exact) mass is 446 g/mol. The van der Waals surface area contributed by atoms with Crippen LogP contribution in [0.15, 0.2) is 83.9 Å². The minimum atomic E-state index is 0.300. The molecule has 34 heavy (non-hydrogen) atoms. The van der Waals surface area contributed by atoms with Crippen LogP contribution in [-0.2, 0) is 12.8 Å². The van der Waals surface area contributed by atoms with Crippen LogP contribution >= 0.6 is 0 Å². The second kappa shape index (κ2) is 7.91. The van der Waals surface area contributed by atoms with Crippen molar-refractivity contribution in [3.8, 4) is 11.5 Å². The van der Waals surface area contributed by atoms with Gasteiger partial charge in [0.25, 0.3) is 0 Å². The number of fused-ring (bicyclic) bond motifs is 7. The van der Waals surface area contributed by atoms with Gasteiger partial charge in [-0.25, -0.2) is 0 Å². The van der Waals surface area contributed by atoms with Crippen LogP contribution in [0.3, 0.4) is 0 Å². The zero-order valence-electron chi connectivity index (χ0n) is 19.5. The van der Waals surface area contributed by atoms with E-state index in [4.69, 9.17) is 4.74 Å². The highest BCUT2D eigenvalue weighted by Crippen LogP contribution is 2.50. The van der Waals surface area contributed by atoms with Gasteiger partial charge in [-0.1, -0.05) is 84.3 Å². The van der Waals surface area contributed by atoms with Gasteiger partial charge in [-0.3, -0.25) is 0 Å². The molecule has 170 valence electrons. The number of hydrogen-bond donors (Lipinski definition) is 1. The first-order valence-electron chi connectivity index (χ1n) is 12.8. The first kappa shape index (κ1) is 20.1. The zero-order valence-corrected chi connectivity index (χ0v) is 19.5. The smallest absolute Gasteiger partial charge is 0.130 e. The Morgan fingerprint density at radius 3 is 2.53 bits per heavy atom. The zero-order chi connectivity index (χ0) is 22.6. The van der Waals surface area contributed by atoms with Crippen LogP contribution in [0.2, 0.25) is 0 Å². The van der Waals surface area contributed by atoms with Crippen molar-refractivity contribution in [2.75, 3.05) is 0 Å². The summed E-state index contributed by atoms with van der Waals surface area (Å²) in [5, 5.41) is 15.1. The Kier molecular flexibility index (Phi) is 4.68. The molecule has 2 aliphatic carbocycles. The van der Waals surface area contributed by atoms with E-state index < -0.39 is 0 Å². The third-order valence-corrected chi connectivity index (χ3v) is 8.58. The maximum absolute atomic E-state index is 10.4. The first-order chi connectivity index (χ1) is 16.8. The summed E-state index contributed by atoms with van der Waals surface area (Å²) >= 11 is 0. The molecule has 0 amide bonds. The molecule has 3 unspecified atom stereocenters. The highest BCUT2D eigenvalue weighted by atomic mass is 16.5. The number of ether oxygens (including phenoxy) is 1. The number of benzene rings is 4. The Balaban J connectivity index is 1.29. The van der Waals surface area contributed by atoms with Crippen molar-refractivity contribution < 1.29 is 9.84 Å². The lowest BCUT2D eigenvalue weighted by Gasteiger charge is -2.46. The van der Waals surface area contributed by atoms with Crippen molar-refractivity contribution in [3.63, 3.8) is 0 Å². The van der Waals surface area contributed by atoms with Gasteiger partial charge in [0, 0.05) is 22.6 Å². The topological polar surface area (TPSA) is 29.5 Å². The van der Waals surface area contributed by atoms with E-state index >= 15 is 0 Å². The number of phenolic OH excluding ortho intramolecular Hbond substituents is 1. The Labute approximate surface area is 200 Å². The molecule has 0 bridgehead atoms. The van der Waals surface area contributed by atoms with E-state index in [9.17, 15) is 5.11 Å². The Bertz CT molecular complexity index is 1450. The Hall–Kier alpha value is -3.26. The van der Waals surface area contributed by atoms with E-state index in [0.717, 1.165) is 30.4 Å². The lowest BCUT2D eigenvalue weighted by Crippen LogP contribution is -2.44. The molecule has 3 atom stereocenters. The third-order valence-electron chi connectivity index (χ3n) is 8.58. The fraction of sp³-hybridized carbons (Fsp3) is 0.312. The Morgan fingerprint density at radius 1 is 0.794 bits per heavy atom. The number of rotatable bonds is 2. The van der Waals surface area contributed by atoms with Gasteiger partial charge in [0.05, 0.1) is 0 Å². The molecule has 4 aromatic carbocycles. The van der Waals surface area contributed by atoms with E-state index in [-0.39, 0.29) is 0 Å². The minimum absolute atomic E-state index is 0.300. The summed E-state index contributed by atoms with van der Waals surface area (Å²) < 4.78 is 6.94. The second-order valence-corrected chi connectivity index (χ2v) is 10.5. The molecule has 2 nitrogen and oxygen atoms in total. The van der Waals surface area contributed by atoms with E-state index in [1.807, 2.05) is 18.2 Å². The van der Waals surface area contributed by atoms with E-state index in [0.29, 0.717) is 23.7 Å². The summed E-state index contributed by atoms with van der Waals surface area (Å²) in [6, 6.07) is 25.5. The van der Waals surface area contributed by atoms with Crippen molar-refractivity contribution in [1.82, 2.24) is 0 Å². The van der Waals surface area contributed by atoms with E-state index in [1.165, 1.54) is 53.0 Å². The van der Waals surface area contributed by atoms with E-state index in [1.54, 1.807) is 11.1 Å². The molecular formula is C32H30O2. The average molecular weight is 447 g/mol. The molecule has 1 N–H and O–H groups in total. The van der Waals surface area contributed by atoms with Crippen molar-refractivity contribution in [1.29, 1.82) is 0 Å². The Morgan fingerprint density at radius 2 is 1.62 bits per heavy atom. The van der Waals surface area contributed by atoms with Crippen molar-refractivity contribution in [3.05, 3.63) is 95.1 Å². The molecule has 1 heterocycles. The average Bonchev–Trinajstić information content (AvgIpc) is 2.89. The molecule has 0 spiro atoms. The molecule has 3 aliphatic rings. The predicted octanol–water partition coefficient (Wildman–Crippen LogP) is 7.75. The van der Waals surface area contributed by atoms with Gasteiger partial charge in [0.15, 0.2) is 0 Å². The summed E-state index contributed by atoms with van der Waals surface area (Å²) in [5.74, 6) is 2.59. The summed E-state index contributed by atoms with van der Waals surface area (Å²) in [4.78, 5) is 0. The van der Waals surface area contributed by atoms with Gasteiger partial charge in [0.1, 0.15) is 17.6 Å². The second-order valence-electron chi connectivity index (χ2n) is 10.5. The van der Waals surface area contributed by atoms with Crippen LogP contribution in [0.5, 0.6) is 11.5 Å². The van der Waals surface area contributed by atoms with Gasteiger partial charge in [-0.2, -0.15) is 0 Å². The van der Waals surface area contributed by atoms with Crippen LogP contribution in [0, 0.1) is 11.8 Å². The molecule has 2 heteroatoms. The fourth-order valence-electron chi connectivity index (χ4n) is 7.02. The SMILES string of the molecule is Oc1ccc(CC2=C3CCCCC3C3Oc4c(ccc5ccccc45)CC3C2)c2ccccc12. The normalized spacial score (nSPS) is 23.8. The number of allylic oxidation sites excluding steroid dienone is 1. The van der Waals surface area contributed by atoms with Gasteiger partial charge in [-0.15, -0.1) is 0 Å². The molecule has 7 rings (SSSR count). The van der Waals surface area contributed by atoms with Gasteiger partial charge < -0.3 is 9.84 Å². The van der Waals surface area contributed by atoms with Crippen LogP contribution < -0.4 is 4.74 Å². The van der Waals surface area contributed by atoms with Gasteiger partial charge >= 0.3 is 0 Å². The largest absolute Gasteiger partial charge is 0.507 e. The first-order valence-corrected chi connectivity index (χ1v) is 12.8. The number of phenols is 1. The van der Waals surface area contributed by atoms with Crippen LogP contribution in [-0.4, -0.2) is 11.2 Å². The van der Waals surface area contributed by atoms with E-state index in [2.05, 4.69) is 54.6 Å². The molecule has 1 fully saturated rings. The van der Waals surface area contributed by atoms with Gasteiger partial charge in [-0.05, 0) is 66.5 Å². The van der Waals surface area contributed by atoms with Gasteiger partial charge in [0.2, 0.25) is 0 Å². The number of hydrogen-bond acceptors (Lipinski definition) is 2. The highest BCUT2D eigenvalue weighted by Gasteiger charge is 2.43. The summed E-state index contributed by atoms with van der Waals surface area (Å²) in [5.41, 5.74) is 6.01.